The topological polar surface area (TPSA) is 52.8 Å². The summed E-state index contributed by atoms with van der Waals surface area (Å²) >= 11 is 0. The molecule has 2 aromatic heterocycles. The van der Waals surface area contributed by atoms with Crippen molar-refractivity contribution in [3.05, 3.63) is 48.5 Å². The molecule has 0 fully saturated rings. The van der Waals surface area contributed by atoms with E-state index >= 15 is 0 Å². The number of para-hydroxylation sites is 2. The van der Waals surface area contributed by atoms with Crippen LogP contribution in [-0.2, 0) is 6.54 Å². The van der Waals surface area contributed by atoms with Gasteiger partial charge in [0, 0.05) is 12.1 Å². The molecule has 4 aromatic rings. The fourth-order valence-electron chi connectivity index (χ4n) is 2.99. The zero-order valence-corrected chi connectivity index (χ0v) is 14.4. The average Bonchev–Trinajstić information content (AvgIpc) is 3.02. The zero-order chi connectivity index (χ0) is 17.2. The molecule has 0 aliphatic heterocycles. The first kappa shape index (κ1) is 15.6. The minimum Gasteiger partial charge on any atom is -0.497 e. The summed E-state index contributed by atoms with van der Waals surface area (Å²) in [4.78, 5) is 14.3. The summed E-state index contributed by atoms with van der Waals surface area (Å²) in [5.41, 5.74) is 4.35. The third kappa shape index (κ3) is 2.82. The molecule has 5 nitrogen and oxygen atoms in total. The molecular formula is C20H20N4O. The van der Waals surface area contributed by atoms with Gasteiger partial charge in [0.05, 0.1) is 18.1 Å². The van der Waals surface area contributed by atoms with Crippen molar-refractivity contribution in [1.29, 1.82) is 0 Å². The van der Waals surface area contributed by atoms with E-state index < -0.39 is 0 Å². The van der Waals surface area contributed by atoms with E-state index in [0.717, 1.165) is 53.2 Å². The number of aryl methyl sites for hydroxylation is 1. The van der Waals surface area contributed by atoms with Crippen molar-refractivity contribution in [2.45, 2.75) is 26.3 Å². The van der Waals surface area contributed by atoms with Crippen LogP contribution in [0.25, 0.3) is 33.7 Å². The predicted octanol–water partition coefficient (Wildman–Crippen LogP) is 4.46. The Kier molecular flexibility index (Phi) is 4.06. The van der Waals surface area contributed by atoms with Gasteiger partial charge in [0.15, 0.2) is 11.3 Å². The van der Waals surface area contributed by atoms with Gasteiger partial charge >= 0.3 is 0 Å². The minimum absolute atomic E-state index is 0.695. The van der Waals surface area contributed by atoms with Crippen molar-refractivity contribution < 1.29 is 4.74 Å². The Morgan fingerprint density at radius 3 is 2.32 bits per heavy atom. The highest BCUT2D eigenvalue weighted by molar-refractivity contribution is 5.84. The maximum Gasteiger partial charge on any atom is 0.198 e. The highest BCUT2D eigenvalue weighted by Crippen LogP contribution is 2.26. The fourth-order valence-corrected chi connectivity index (χ4v) is 2.99. The van der Waals surface area contributed by atoms with Crippen LogP contribution in [0.4, 0.5) is 0 Å². The van der Waals surface area contributed by atoms with Crippen LogP contribution < -0.4 is 4.74 Å². The first-order valence-electron chi connectivity index (χ1n) is 8.57. The molecule has 0 amide bonds. The smallest absolute Gasteiger partial charge is 0.198 e. The number of methoxy groups -OCH3 is 1. The Labute approximate surface area is 146 Å². The molecule has 0 aliphatic rings. The second kappa shape index (κ2) is 6.51. The molecule has 5 heteroatoms. The van der Waals surface area contributed by atoms with Gasteiger partial charge in [0.1, 0.15) is 11.6 Å². The molecule has 2 heterocycles. The summed E-state index contributed by atoms with van der Waals surface area (Å²) in [6.45, 7) is 3.06. The van der Waals surface area contributed by atoms with Crippen molar-refractivity contribution in [2.24, 2.45) is 0 Å². The second-order valence-corrected chi connectivity index (χ2v) is 6.03. The van der Waals surface area contributed by atoms with Crippen LogP contribution in [0, 0.1) is 0 Å². The first-order valence-corrected chi connectivity index (χ1v) is 8.57. The normalized spacial score (nSPS) is 11.3. The van der Waals surface area contributed by atoms with Gasteiger partial charge in [-0.15, -0.1) is 0 Å². The maximum atomic E-state index is 5.26. The minimum atomic E-state index is 0.695. The summed E-state index contributed by atoms with van der Waals surface area (Å²) in [5, 5.41) is 0. The molecule has 0 bridgehead atoms. The number of rotatable bonds is 5. The number of aromatic nitrogens is 4. The van der Waals surface area contributed by atoms with Crippen LogP contribution in [0.2, 0.25) is 0 Å². The fraction of sp³-hybridized carbons (Fsp3) is 0.250. The largest absolute Gasteiger partial charge is 0.497 e. The summed E-state index contributed by atoms with van der Waals surface area (Å²) in [5.74, 6) is 1.74. The number of nitrogens with zero attached hydrogens (tertiary/aromatic N) is 4. The highest BCUT2D eigenvalue weighted by Gasteiger charge is 2.15. The molecule has 25 heavy (non-hydrogen) atoms. The molecule has 0 aliphatic carbocycles. The lowest BCUT2D eigenvalue weighted by Crippen LogP contribution is -2.02. The molecule has 0 saturated carbocycles. The molecule has 0 spiro atoms. The van der Waals surface area contributed by atoms with Gasteiger partial charge < -0.3 is 9.30 Å². The van der Waals surface area contributed by atoms with Crippen molar-refractivity contribution in [3.63, 3.8) is 0 Å². The van der Waals surface area contributed by atoms with E-state index in [2.05, 4.69) is 11.5 Å². The lowest BCUT2D eigenvalue weighted by atomic mass is 10.2. The van der Waals surface area contributed by atoms with Crippen molar-refractivity contribution in [1.82, 2.24) is 19.5 Å². The molecular weight excluding hydrogens is 312 g/mol. The Balaban J connectivity index is 1.92. The lowest BCUT2D eigenvalue weighted by Gasteiger charge is -2.08. The summed E-state index contributed by atoms with van der Waals surface area (Å²) in [7, 11) is 1.67. The Morgan fingerprint density at radius 2 is 1.64 bits per heavy atom. The van der Waals surface area contributed by atoms with E-state index in [9.17, 15) is 0 Å². The lowest BCUT2D eigenvalue weighted by molar-refractivity contribution is 0.415. The second-order valence-electron chi connectivity index (χ2n) is 6.03. The van der Waals surface area contributed by atoms with Crippen molar-refractivity contribution >= 4 is 22.3 Å². The van der Waals surface area contributed by atoms with Crippen LogP contribution in [0.5, 0.6) is 5.75 Å². The van der Waals surface area contributed by atoms with E-state index in [0.29, 0.717) is 5.65 Å². The maximum absolute atomic E-state index is 5.26. The van der Waals surface area contributed by atoms with Gasteiger partial charge in [-0.25, -0.2) is 15.0 Å². The molecule has 0 unspecified atom stereocenters. The number of unbranched alkanes of at least 4 members (excludes halogenated alkanes) is 1. The van der Waals surface area contributed by atoms with Gasteiger partial charge in [-0.2, -0.15) is 0 Å². The first-order chi connectivity index (χ1) is 12.3. The van der Waals surface area contributed by atoms with Gasteiger partial charge in [0.25, 0.3) is 0 Å². The number of hydrogen-bond acceptors (Lipinski definition) is 4. The SMILES string of the molecule is CCCCn1c(-c2ccc(OC)cc2)nc2nc3ccccc3nc21. The Morgan fingerprint density at radius 1 is 0.920 bits per heavy atom. The monoisotopic (exact) mass is 332 g/mol. The van der Waals surface area contributed by atoms with Crippen LogP contribution >= 0.6 is 0 Å². The number of imidazole rings is 1. The van der Waals surface area contributed by atoms with Crippen LogP contribution in [-0.4, -0.2) is 26.6 Å². The van der Waals surface area contributed by atoms with E-state index in [4.69, 9.17) is 19.7 Å². The molecule has 126 valence electrons. The zero-order valence-electron chi connectivity index (χ0n) is 14.4. The molecule has 0 N–H and O–H groups in total. The van der Waals surface area contributed by atoms with E-state index in [1.54, 1.807) is 7.11 Å². The van der Waals surface area contributed by atoms with Crippen molar-refractivity contribution in [2.75, 3.05) is 7.11 Å². The van der Waals surface area contributed by atoms with Crippen LogP contribution in [0.15, 0.2) is 48.5 Å². The molecule has 0 atom stereocenters. The molecule has 4 rings (SSSR count). The summed E-state index contributed by atoms with van der Waals surface area (Å²) in [6.07, 6.45) is 2.19. The quantitative estimate of drug-likeness (QED) is 0.541. The molecule has 2 aromatic carbocycles. The van der Waals surface area contributed by atoms with Crippen LogP contribution in [0.3, 0.4) is 0 Å². The van der Waals surface area contributed by atoms with Gasteiger partial charge in [-0.05, 0) is 42.8 Å². The summed E-state index contributed by atoms with van der Waals surface area (Å²) in [6, 6.07) is 15.9. The summed E-state index contributed by atoms with van der Waals surface area (Å²) < 4.78 is 7.44. The highest BCUT2D eigenvalue weighted by atomic mass is 16.5. The predicted molar refractivity (Wildman–Crippen MR) is 99.7 cm³/mol. The average molecular weight is 332 g/mol. The number of benzene rings is 2. The standard InChI is InChI=1S/C20H20N4O/c1-3-4-13-24-19(14-9-11-15(25-2)12-10-14)23-18-20(24)22-17-8-6-5-7-16(17)21-18/h5-12H,3-4,13H2,1-2H3. The van der Waals surface area contributed by atoms with Gasteiger partial charge in [-0.3, -0.25) is 0 Å². The van der Waals surface area contributed by atoms with E-state index in [-0.39, 0.29) is 0 Å². The Hall–Kier alpha value is -2.95. The number of hydrogen-bond donors (Lipinski definition) is 0. The Bertz CT molecular complexity index is 1020. The molecule has 0 saturated heterocycles. The number of ether oxygens (including phenoxy) is 1. The van der Waals surface area contributed by atoms with Crippen LogP contribution in [0.1, 0.15) is 19.8 Å². The van der Waals surface area contributed by atoms with E-state index in [1.807, 2.05) is 48.5 Å². The van der Waals surface area contributed by atoms with Gasteiger partial charge in [0.2, 0.25) is 0 Å². The third-order valence-electron chi connectivity index (χ3n) is 4.34. The van der Waals surface area contributed by atoms with Gasteiger partial charge in [-0.1, -0.05) is 25.5 Å². The molecule has 0 radical (unpaired) electrons. The van der Waals surface area contributed by atoms with Crippen molar-refractivity contribution in [3.8, 4) is 17.1 Å². The number of fused-ring (bicyclic) bond motifs is 2. The third-order valence-corrected chi connectivity index (χ3v) is 4.34. The van der Waals surface area contributed by atoms with E-state index in [1.165, 1.54) is 0 Å².